The van der Waals surface area contributed by atoms with Crippen LogP contribution < -0.4 is 5.32 Å². The fourth-order valence-corrected chi connectivity index (χ4v) is 1.91. The second-order valence-electron chi connectivity index (χ2n) is 5.86. The largest absolute Gasteiger partial charge is 0.444 e. The van der Waals surface area contributed by atoms with Crippen LogP contribution in [0.2, 0.25) is 0 Å². The third kappa shape index (κ3) is 9.59. The Morgan fingerprint density at radius 3 is 2.54 bits per heavy atom. The summed E-state index contributed by atoms with van der Waals surface area (Å²) in [5, 5.41) is 2.58. The SMILES string of the molecule is CC(C)(C)OC(=O)NCCOCCOCC(=O)c1cccc(Br)n1. The second kappa shape index (κ2) is 10.4. The Hall–Kier alpha value is -1.51. The Morgan fingerprint density at radius 2 is 1.88 bits per heavy atom. The van der Waals surface area contributed by atoms with E-state index in [4.69, 9.17) is 14.2 Å². The van der Waals surface area contributed by atoms with Gasteiger partial charge in [0, 0.05) is 6.54 Å². The lowest BCUT2D eigenvalue weighted by Gasteiger charge is -2.19. The number of pyridine rings is 1. The van der Waals surface area contributed by atoms with Crippen LogP contribution in [0.15, 0.2) is 22.8 Å². The molecule has 134 valence electrons. The lowest BCUT2D eigenvalue weighted by atomic mass is 10.2. The average molecular weight is 403 g/mol. The summed E-state index contributed by atoms with van der Waals surface area (Å²) < 4.78 is 16.2. The summed E-state index contributed by atoms with van der Waals surface area (Å²) in [6.07, 6.45) is -0.477. The minimum atomic E-state index is -0.519. The molecule has 7 nitrogen and oxygen atoms in total. The summed E-state index contributed by atoms with van der Waals surface area (Å²) in [7, 11) is 0. The number of hydrogen-bond donors (Lipinski definition) is 1. The maximum Gasteiger partial charge on any atom is 0.407 e. The zero-order valence-electron chi connectivity index (χ0n) is 14.1. The van der Waals surface area contributed by atoms with Crippen molar-refractivity contribution < 1.29 is 23.8 Å². The molecule has 8 heteroatoms. The number of halogens is 1. The van der Waals surface area contributed by atoms with Gasteiger partial charge >= 0.3 is 6.09 Å². The van der Waals surface area contributed by atoms with Gasteiger partial charge in [-0.1, -0.05) is 6.07 Å². The predicted octanol–water partition coefficient (Wildman–Crippen LogP) is 2.58. The van der Waals surface area contributed by atoms with Gasteiger partial charge < -0.3 is 19.5 Å². The van der Waals surface area contributed by atoms with E-state index in [0.29, 0.717) is 30.1 Å². The van der Waals surface area contributed by atoms with E-state index in [2.05, 4.69) is 26.2 Å². The molecule has 0 fully saturated rings. The topological polar surface area (TPSA) is 86.8 Å². The molecule has 1 aromatic heterocycles. The molecule has 1 N–H and O–H groups in total. The van der Waals surface area contributed by atoms with Gasteiger partial charge in [-0.25, -0.2) is 9.78 Å². The molecule has 1 aromatic rings. The highest BCUT2D eigenvalue weighted by atomic mass is 79.9. The predicted molar refractivity (Wildman–Crippen MR) is 92.1 cm³/mol. The van der Waals surface area contributed by atoms with E-state index in [1.54, 1.807) is 39.0 Å². The second-order valence-corrected chi connectivity index (χ2v) is 6.67. The first-order valence-electron chi connectivity index (χ1n) is 7.56. The maximum absolute atomic E-state index is 11.8. The number of ether oxygens (including phenoxy) is 3. The van der Waals surface area contributed by atoms with E-state index < -0.39 is 11.7 Å². The van der Waals surface area contributed by atoms with E-state index in [0.717, 1.165) is 0 Å². The quantitative estimate of drug-likeness (QED) is 0.388. The van der Waals surface area contributed by atoms with Crippen LogP contribution in [-0.2, 0) is 14.2 Å². The van der Waals surface area contributed by atoms with E-state index >= 15 is 0 Å². The Morgan fingerprint density at radius 1 is 1.17 bits per heavy atom. The summed E-state index contributed by atoms with van der Waals surface area (Å²) in [4.78, 5) is 27.2. The molecule has 0 unspecified atom stereocenters. The summed E-state index contributed by atoms with van der Waals surface area (Å²) in [6, 6.07) is 5.12. The Kier molecular flexibility index (Phi) is 8.88. The summed E-state index contributed by atoms with van der Waals surface area (Å²) in [6.45, 7) is 6.63. The summed E-state index contributed by atoms with van der Waals surface area (Å²) in [5.41, 5.74) is -0.166. The van der Waals surface area contributed by atoms with Crippen molar-refractivity contribution in [2.24, 2.45) is 0 Å². The molecular formula is C16H23BrN2O5. The first-order chi connectivity index (χ1) is 11.3. The molecule has 1 amide bonds. The molecule has 0 spiro atoms. The zero-order chi connectivity index (χ0) is 18.0. The summed E-state index contributed by atoms with van der Waals surface area (Å²) in [5.74, 6) is -0.192. The number of amides is 1. The molecule has 0 saturated carbocycles. The van der Waals surface area contributed by atoms with Crippen LogP contribution in [0.3, 0.4) is 0 Å². The summed E-state index contributed by atoms with van der Waals surface area (Å²) >= 11 is 3.21. The third-order valence-corrected chi connectivity index (χ3v) is 2.96. The molecule has 0 atom stereocenters. The van der Waals surface area contributed by atoms with Crippen molar-refractivity contribution in [2.45, 2.75) is 26.4 Å². The number of rotatable bonds is 9. The number of Topliss-reactive ketones (excluding diaryl/α,β-unsaturated/α-hetero) is 1. The Bertz CT molecular complexity index is 546. The van der Waals surface area contributed by atoms with E-state index in [-0.39, 0.29) is 19.0 Å². The van der Waals surface area contributed by atoms with Gasteiger partial charge in [-0.2, -0.15) is 0 Å². The fourth-order valence-electron chi connectivity index (χ4n) is 1.56. The van der Waals surface area contributed by atoms with Crippen molar-refractivity contribution in [1.29, 1.82) is 0 Å². The molecule has 0 saturated heterocycles. The number of nitrogens with one attached hydrogen (secondary N) is 1. The number of nitrogens with zero attached hydrogens (tertiary/aromatic N) is 1. The van der Waals surface area contributed by atoms with Crippen molar-refractivity contribution in [3.63, 3.8) is 0 Å². The normalized spacial score (nSPS) is 11.2. The first-order valence-corrected chi connectivity index (χ1v) is 8.35. The first kappa shape index (κ1) is 20.5. The van der Waals surface area contributed by atoms with Crippen molar-refractivity contribution in [2.75, 3.05) is 33.0 Å². The standard InChI is InChI=1S/C16H23BrN2O5/c1-16(2,3)24-15(21)18-7-8-22-9-10-23-11-13(20)12-5-4-6-14(17)19-12/h4-6H,7-11H2,1-3H3,(H,18,21). The molecule has 0 aliphatic rings. The van der Waals surface area contributed by atoms with Crippen molar-refractivity contribution in [1.82, 2.24) is 10.3 Å². The van der Waals surface area contributed by atoms with Crippen LogP contribution in [0.25, 0.3) is 0 Å². The van der Waals surface area contributed by atoms with Crippen molar-refractivity contribution in [3.05, 3.63) is 28.5 Å². The van der Waals surface area contributed by atoms with Gasteiger partial charge in [0.25, 0.3) is 0 Å². The van der Waals surface area contributed by atoms with Gasteiger partial charge in [-0.05, 0) is 48.8 Å². The minimum Gasteiger partial charge on any atom is -0.444 e. The number of carbonyl (C=O) groups excluding carboxylic acids is 2. The lowest BCUT2D eigenvalue weighted by Crippen LogP contribution is -2.34. The van der Waals surface area contributed by atoms with Crippen molar-refractivity contribution in [3.8, 4) is 0 Å². The Labute approximate surface area is 150 Å². The zero-order valence-corrected chi connectivity index (χ0v) is 15.7. The van der Waals surface area contributed by atoms with Gasteiger partial charge in [0.2, 0.25) is 5.78 Å². The maximum atomic E-state index is 11.8. The Balaban J connectivity index is 2.03. The molecule has 0 aliphatic carbocycles. The van der Waals surface area contributed by atoms with Crippen LogP contribution in [0.1, 0.15) is 31.3 Å². The molecule has 0 aliphatic heterocycles. The van der Waals surface area contributed by atoms with Crippen LogP contribution in [0.5, 0.6) is 0 Å². The number of aromatic nitrogens is 1. The molecule has 0 aromatic carbocycles. The van der Waals surface area contributed by atoms with E-state index in [1.807, 2.05) is 0 Å². The van der Waals surface area contributed by atoms with Gasteiger partial charge in [0.05, 0.1) is 19.8 Å². The van der Waals surface area contributed by atoms with Gasteiger partial charge in [-0.3, -0.25) is 4.79 Å². The van der Waals surface area contributed by atoms with Crippen LogP contribution in [0, 0.1) is 0 Å². The van der Waals surface area contributed by atoms with Crippen LogP contribution in [-0.4, -0.2) is 55.4 Å². The third-order valence-electron chi connectivity index (χ3n) is 2.52. The van der Waals surface area contributed by atoms with E-state index in [1.165, 1.54) is 0 Å². The number of alkyl carbamates (subject to hydrolysis) is 1. The molecule has 1 rings (SSSR count). The number of ketones is 1. The van der Waals surface area contributed by atoms with E-state index in [9.17, 15) is 9.59 Å². The smallest absolute Gasteiger partial charge is 0.407 e. The monoisotopic (exact) mass is 402 g/mol. The van der Waals surface area contributed by atoms with Crippen LogP contribution in [0.4, 0.5) is 4.79 Å². The highest BCUT2D eigenvalue weighted by Gasteiger charge is 2.15. The molecular weight excluding hydrogens is 380 g/mol. The van der Waals surface area contributed by atoms with Crippen molar-refractivity contribution >= 4 is 27.8 Å². The van der Waals surface area contributed by atoms with Gasteiger partial charge in [0.15, 0.2) is 0 Å². The molecule has 1 heterocycles. The number of hydrogen-bond acceptors (Lipinski definition) is 6. The average Bonchev–Trinajstić information content (AvgIpc) is 2.48. The highest BCUT2D eigenvalue weighted by molar-refractivity contribution is 9.10. The lowest BCUT2D eigenvalue weighted by molar-refractivity contribution is 0.0381. The molecule has 0 bridgehead atoms. The molecule has 24 heavy (non-hydrogen) atoms. The highest BCUT2D eigenvalue weighted by Crippen LogP contribution is 2.07. The van der Waals surface area contributed by atoms with Gasteiger partial charge in [-0.15, -0.1) is 0 Å². The minimum absolute atomic E-state index is 0.0526. The molecule has 0 radical (unpaired) electrons. The number of carbonyl (C=O) groups is 2. The fraction of sp³-hybridized carbons (Fsp3) is 0.562. The van der Waals surface area contributed by atoms with Crippen LogP contribution >= 0.6 is 15.9 Å². The van der Waals surface area contributed by atoms with Gasteiger partial charge in [0.1, 0.15) is 22.5 Å².